The normalized spacial score (nSPS) is 16.4. The number of rotatable bonds is 6. The number of para-hydroxylation sites is 1. The van der Waals surface area contributed by atoms with Crippen molar-refractivity contribution in [1.29, 1.82) is 0 Å². The molecule has 1 aliphatic rings. The van der Waals surface area contributed by atoms with Gasteiger partial charge in [-0.1, -0.05) is 36.9 Å². The van der Waals surface area contributed by atoms with E-state index in [-0.39, 0.29) is 0 Å². The molecule has 1 aromatic carbocycles. The molecule has 1 amide bonds. The van der Waals surface area contributed by atoms with Crippen LogP contribution in [0.1, 0.15) is 31.9 Å². The van der Waals surface area contributed by atoms with Gasteiger partial charge in [0.15, 0.2) is 0 Å². The first-order valence-corrected chi connectivity index (χ1v) is 9.05. The average Bonchev–Trinajstić information content (AvgIpc) is 3.00. The number of nitrogens with one attached hydrogen (secondary N) is 1. The molecule has 3 N–H and O–H groups in total. The van der Waals surface area contributed by atoms with Crippen LogP contribution in [-0.2, 0) is 4.79 Å². The Bertz CT molecular complexity index is 830. The number of aromatic nitrogens is 3. The van der Waals surface area contributed by atoms with Crippen molar-refractivity contribution in [2.24, 2.45) is 5.73 Å². The van der Waals surface area contributed by atoms with Gasteiger partial charge in [0.2, 0.25) is 17.0 Å². The summed E-state index contributed by atoms with van der Waals surface area (Å²) in [5.41, 5.74) is 7.62. The maximum Gasteiger partial charge on any atom is 0.248 e. The number of thioether (sulfide) groups is 1. The maximum absolute atomic E-state index is 12.2. The lowest BCUT2D eigenvalue weighted by molar-refractivity contribution is -0.115. The van der Waals surface area contributed by atoms with E-state index in [4.69, 9.17) is 10.5 Å². The van der Waals surface area contributed by atoms with Gasteiger partial charge in [-0.05, 0) is 19.4 Å². The number of hydrogen-bond donors (Lipinski definition) is 2. The first kappa shape index (κ1) is 17.3. The lowest BCUT2D eigenvalue weighted by Gasteiger charge is -2.28. The Labute approximate surface area is 150 Å². The summed E-state index contributed by atoms with van der Waals surface area (Å²) in [4.78, 5) is 16.7. The van der Waals surface area contributed by atoms with Gasteiger partial charge in [-0.15, -0.1) is 5.10 Å². The Morgan fingerprint density at radius 2 is 2.20 bits per heavy atom. The van der Waals surface area contributed by atoms with E-state index in [1.807, 2.05) is 31.2 Å². The summed E-state index contributed by atoms with van der Waals surface area (Å²) in [5, 5.41) is 8.41. The largest absolute Gasteiger partial charge is 0.496 e. The quantitative estimate of drug-likeness (QED) is 0.770. The van der Waals surface area contributed by atoms with E-state index < -0.39 is 11.9 Å². The molecule has 0 spiro atoms. The predicted octanol–water partition coefficient (Wildman–Crippen LogP) is 2.56. The van der Waals surface area contributed by atoms with Crippen LogP contribution in [0.4, 0.5) is 5.95 Å². The Balaban J connectivity index is 2.15. The van der Waals surface area contributed by atoms with Crippen molar-refractivity contribution < 1.29 is 9.53 Å². The van der Waals surface area contributed by atoms with E-state index in [1.165, 1.54) is 0 Å². The minimum Gasteiger partial charge on any atom is -0.496 e. The van der Waals surface area contributed by atoms with E-state index in [0.29, 0.717) is 28.1 Å². The van der Waals surface area contributed by atoms with Crippen molar-refractivity contribution in [1.82, 2.24) is 14.8 Å². The van der Waals surface area contributed by atoms with E-state index in [1.54, 1.807) is 23.6 Å². The number of allylic oxidation sites excluding steroid dienone is 1. The van der Waals surface area contributed by atoms with Crippen LogP contribution in [-0.4, -0.2) is 33.5 Å². The highest BCUT2D eigenvalue weighted by atomic mass is 32.2. The van der Waals surface area contributed by atoms with Gasteiger partial charge in [-0.2, -0.15) is 4.98 Å². The van der Waals surface area contributed by atoms with Crippen molar-refractivity contribution in [2.75, 3.05) is 18.2 Å². The molecule has 7 nitrogen and oxygen atoms in total. The predicted molar refractivity (Wildman–Crippen MR) is 97.7 cm³/mol. The number of primary amides is 1. The van der Waals surface area contributed by atoms with Crippen LogP contribution in [0.2, 0.25) is 0 Å². The van der Waals surface area contributed by atoms with Crippen LogP contribution in [0.25, 0.3) is 0 Å². The van der Waals surface area contributed by atoms with Crippen molar-refractivity contribution >= 4 is 23.6 Å². The fraction of sp³-hybridized carbons (Fsp3) is 0.353. The number of nitrogens with zero attached hydrogens (tertiary/aromatic N) is 3. The summed E-state index contributed by atoms with van der Waals surface area (Å²) in [6.45, 7) is 3.93. The highest BCUT2D eigenvalue weighted by molar-refractivity contribution is 7.99. The summed E-state index contributed by atoms with van der Waals surface area (Å²) in [6.07, 6.45) is 1.03. The first-order valence-electron chi connectivity index (χ1n) is 8.06. The zero-order valence-corrected chi connectivity index (χ0v) is 15.3. The molecule has 0 saturated heterocycles. The molecule has 3 rings (SSSR count). The second-order valence-corrected chi connectivity index (χ2v) is 6.75. The number of nitrogens with two attached hydrogens (primary N) is 1. The number of carbonyl (C=O) groups excluding carboxylic acids is 1. The van der Waals surface area contributed by atoms with Crippen molar-refractivity contribution in [2.45, 2.75) is 31.5 Å². The van der Waals surface area contributed by atoms with Crippen LogP contribution < -0.4 is 15.8 Å². The zero-order valence-electron chi connectivity index (χ0n) is 14.4. The minimum absolute atomic E-state index is 0.453. The second kappa shape index (κ2) is 7.18. The van der Waals surface area contributed by atoms with Crippen LogP contribution in [0.3, 0.4) is 0 Å². The van der Waals surface area contributed by atoms with Crippen molar-refractivity contribution in [3.05, 3.63) is 41.1 Å². The first-order chi connectivity index (χ1) is 12.1. The van der Waals surface area contributed by atoms with Crippen molar-refractivity contribution in [3.63, 3.8) is 0 Å². The average molecular weight is 359 g/mol. The van der Waals surface area contributed by atoms with Crippen LogP contribution >= 0.6 is 11.8 Å². The number of amides is 1. The number of anilines is 1. The third-order valence-corrected chi connectivity index (χ3v) is 5.01. The summed E-state index contributed by atoms with van der Waals surface area (Å²) >= 11 is 1.58. The standard InChI is InChI=1S/C17H21N5O2S/c1-4-9-25-17-20-16-19-10(2)13(15(18)23)14(22(16)21-17)11-7-5-6-8-12(11)24-3/h5-8,14H,4,9H2,1-3H3,(H2,18,23)(H,19,20,21). The van der Waals surface area contributed by atoms with E-state index in [0.717, 1.165) is 17.7 Å². The maximum atomic E-state index is 12.2. The Hall–Kier alpha value is -2.48. The number of fused-ring (bicyclic) bond motifs is 1. The third kappa shape index (κ3) is 3.21. The molecule has 1 aromatic heterocycles. The Morgan fingerprint density at radius 3 is 2.88 bits per heavy atom. The second-order valence-electron chi connectivity index (χ2n) is 5.68. The van der Waals surface area contributed by atoms with Gasteiger partial charge >= 0.3 is 0 Å². The minimum atomic E-state index is -0.496. The van der Waals surface area contributed by atoms with Gasteiger partial charge in [0.1, 0.15) is 11.8 Å². The molecule has 1 aliphatic heterocycles. The number of carbonyl (C=O) groups is 1. The van der Waals surface area contributed by atoms with Gasteiger partial charge in [-0.3, -0.25) is 4.79 Å². The molecule has 0 radical (unpaired) electrons. The fourth-order valence-corrected chi connectivity index (χ4v) is 3.57. The van der Waals surface area contributed by atoms with E-state index in [2.05, 4.69) is 22.3 Å². The topological polar surface area (TPSA) is 95.1 Å². The molecule has 25 heavy (non-hydrogen) atoms. The van der Waals surface area contributed by atoms with Gasteiger partial charge in [-0.25, -0.2) is 4.68 Å². The molecule has 0 bridgehead atoms. The van der Waals surface area contributed by atoms with Crippen LogP contribution in [0, 0.1) is 0 Å². The SMILES string of the molecule is CCCSc1nc2n(n1)C(c1ccccc1OC)C(C(N)=O)=C(C)N2. The summed E-state index contributed by atoms with van der Waals surface area (Å²) in [6, 6.07) is 7.07. The third-order valence-electron chi connectivity index (χ3n) is 3.97. The van der Waals surface area contributed by atoms with Gasteiger partial charge < -0.3 is 15.8 Å². The van der Waals surface area contributed by atoms with Crippen LogP contribution in [0.15, 0.2) is 40.7 Å². The Kier molecular flexibility index (Phi) is 4.98. The zero-order chi connectivity index (χ0) is 18.0. The highest BCUT2D eigenvalue weighted by Crippen LogP contribution is 2.39. The number of hydrogen-bond acceptors (Lipinski definition) is 6. The molecule has 0 fully saturated rings. The summed E-state index contributed by atoms with van der Waals surface area (Å²) in [5.74, 6) is 1.70. The molecule has 1 atom stereocenters. The van der Waals surface area contributed by atoms with E-state index >= 15 is 0 Å². The van der Waals surface area contributed by atoms with Crippen molar-refractivity contribution in [3.8, 4) is 5.75 Å². The smallest absolute Gasteiger partial charge is 0.248 e. The molecule has 1 unspecified atom stereocenters. The summed E-state index contributed by atoms with van der Waals surface area (Å²) < 4.78 is 7.20. The lowest BCUT2D eigenvalue weighted by Crippen LogP contribution is -2.32. The molecular weight excluding hydrogens is 338 g/mol. The van der Waals surface area contributed by atoms with Crippen LogP contribution in [0.5, 0.6) is 5.75 Å². The number of ether oxygens (including phenoxy) is 1. The molecule has 2 aromatic rings. The molecule has 2 heterocycles. The number of benzene rings is 1. The monoisotopic (exact) mass is 359 g/mol. The molecule has 0 aliphatic carbocycles. The van der Waals surface area contributed by atoms with Gasteiger partial charge in [0.05, 0.1) is 12.7 Å². The highest BCUT2D eigenvalue weighted by Gasteiger charge is 2.34. The number of methoxy groups -OCH3 is 1. The molecule has 0 saturated carbocycles. The lowest BCUT2D eigenvalue weighted by atomic mass is 9.94. The van der Waals surface area contributed by atoms with Gasteiger partial charge in [0, 0.05) is 17.0 Å². The fourth-order valence-electron chi connectivity index (χ4n) is 2.88. The molecule has 8 heteroatoms. The summed E-state index contributed by atoms with van der Waals surface area (Å²) in [7, 11) is 1.60. The van der Waals surface area contributed by atoms with Gasteiger partial charge in [0.25, 0.3) is 0 Å². The molecular formula is C17H21N5O2S. The van der Waals surface area contributed by atoms with E-state index in [9.17, 15) is 4.79 Å². The molecule has 132 valence electrons. The Morgan fingerprint density at radius 1 is 1.44 bits per heavy atom.